The summed E-state index contributed by atoms with van der Waals surface area (Å²) in [4.78, 5) is 14.0. The number of rotatable bonds is 5. The third-order valence-corrected chi connectivity index (χ3v) is 7.79. The summed E-state index contributed by atoms with van der Waals surface area (Å²) in [7, 11) is 0. The minimum Gasteiger partial charge on any atom is -0.351 e. The molecule has 2 aromatic rings. The maximum Gasteiger partial charge on any atom is 0.267 e. The topological polar surface area (TPSA) is 44.7 Å². The van der Waals surface area contributed by atoms with Gasteiger partial charge in [0.1, 0.15) is 5.71 Å². The number of thiophene rings is 1. The molecule has 1 N–H and O–H groups in total. The van der Waals surface area contributed by atoms with E-state index in [1.54, 1.807) is 23.5 Å². The molecule has 8 heteroatoms. The molecule has 0 radical (unpaired) electrons. The minimum absolute atomic E-state index is 0.0691. The first-order valence-corrected chi connectivity index (χ1v) is 12.2. The van der Waals surface area contributed by atoms with E-state index < -0.39 is 0 Å². The molecule has 1 aromatic carbocycles. The van der Waals surface area contributed by atoms with Crippen LogP contribution in [0.1, 0.15) is 49.4 Å². The van der Waals surface area contributed by atoms with Gasteiger partial charge in [-0.05, 0) is 65.0 Å². The van der Waals surface area contributed by atoms with Gasteiger partial charge < -0.3 is 5.32 Å². The fraction of sp³-hybridized carbons (Fsp3) is 0.429. The molecule has 0 bridgehead atoms. The van der Waals surface area contributed by atoms with Crippen molar-refractivity contribution in [3.05, 3.63) is 49.0 Å². The maximum absolute atomic E-state index is 12.9. The lowest BCUT2D eigenvalue weighted by Crippen LogP contribution is -2.34. The number of benzene rings is 1. The van der Waals surface area contributed by atoms with Crippen LogP contribution in [-0.4, -0.2) is 18.2 Å². The molecule has 4 rings (SSSR count). The lowest BCUT2D eigenvalue weighted by atomic mass is 9.89. The second kappa shape index (κ2) is 9.38. The molecule has 1 unspecified atom stereocenters. The highest BCUT2D eigenvalue weighted by atomic mass is 79.9. The monoisotopic (exact) mass is 513 g/mol. The smallest absolute Gasteiger partial charge is 0.267 e. The highest BCUT2D eigenvalue weighted by molar-refractivity contribution is 9.11. The quantitative estimate of drug-likeness (QED) is 0.475. The summed E-state index contributed by atoms with van der Waals surface area (Å²) < 4.78 is 1.05. The van der Waals surface area contributed by atoms with E-state index in [1.807, 2.05) is 17.1 Å². The van der Waals surface area contributed by atoms with Crippen LogP contribution >= 0.6 is 50.5 Å². The molecule has 1 saturated carbocycles. The number of anilines is 1. The summed E-state index contributed by atoms with van der Waals surface area (Å²) >= 11 is 17.7. The zero-order valence-corrected chi connectivity index (χ0v) is 19.8. The second-order valence-corrected chi connectivity index (χ2v) is 10.9. The Morgan fingerprint density at radius 2 is 2.00 bits per heavy atom. The molecule has 4 nitrogen and oxygen atoms in total. The molecule has 2 aliphatic rings. The number of nitrogens with zero attached hydrogens (tertiary/aromatic N) is 2. The molecule has 1 aromatic heterocycles. The molecular formula is C21H22BrCl2N3OS. The van der Waals surface area contributed by atoms with Crippen molar-refractivity contribution in [2.24, 2.45) is 11.0 Å². The summed E-state index contributed by atoms with van der Waals surface area (Å²) in [5.74, 6) is 0.504. The predicted molar refractivity (Wildman–Crippen MR) is 125 cm³/mol. The van der Waals surface area contributed by atoms with Gasteiger partial charge in [-0.2, -0.15) is 5.10 Å². The van der Waals surface area contributed by atoms with Crippen LogP contribution < -0.4 is 10.3 Å². The van der Waals surface area contributed by atoms with Gasteiger partial charge in [0, 0.05) is 22.9 Å². The van der Waals surface area contributed by atoms with E-state index in [4.69, 9.17) is 23.2 Å². The highest BCUT2D eigenvalue weighted by Crippen LogP contribution is 2.42. The van der Waals surface area contributed by atoms with Crippen LogP contribution in [0.5, 0.6) is 0 Å². The van der Waals surface area contributed by atoms with Gasteiger partial charge >= 0.3 is 0 Å². The van der Waals surface area contributed by atoms with E-state index in [1.165, 1.54) is 32.1 Å². The van der Waals surface area contributed by atoms with Crippen molar-refractivity contribution < 1.29 is 4.79 Å². The lowest BCUT2D eigenvalue weighted by Gasteiger charge is -2.23. The number of nitrogens with one attached hydrogen (secondary N) is 1. The van der Waals surface area contributed by atoms with Gasteiger partial charge in [0.05, 0.1) is 20.5 Å². The number of carbonyl (C=O) groups excluding carboxylic acids is 1. The number of amides is 1. The minimum atomic E-state index is -0.0798. The first kappa shape index (κ1) is 21.2. The largest absolute Gasteiger partial charge is 0.351 e. The zero-order valence-electron chi connectivity index (χ0n) is 15.8. The van der Waals surface area contributed by atoms with Crippen LogP contribution in [-0.2, 0) is 4.79 Å². The molecule has 0 spiro atoms. The molecular weight excluding hydrogens is 493 g/mol. The zero-order chi connectivity index (χ0) is 20.4. The van der Waals surface area contributed by atoms with Crippen molar-refractivity contribution in [1.29, 1.82) is 0 Å². The summed E-state index contributed by atoms with van der Waals surface area (Å²) in [6.07, 6.45) is 6.78. The Kier molecular flexibility index (Phi) is 6.84. The Hall–Kier alpha value is -1.08. The number of halogens is 3. The highest BCUT2D eigenvalue weighted by Gasteiger charge is 2.34. The second-order valence-electron chi connectivity index (χ2n) is 7.56. The average molecular weight is 515 g/mol. The first-order valence-electron chi connectivity index (χ1n) is 9.86. The van der Waals surface area contributed by atoms with Gasteiger partial charge in [-0.3, -0.25) is 9.80 Å². The van der Waals surface area contributed by atoms with Gasteiger partial charge in [0.2, 0.25) is 0 Å². The van der Waals surface area contributed by atoms with Crippen LogP contribution in [0.15, 0.2) is 39.2 Å². The SMILES string of the molecule is O=C(NCC1CCCCC1)C1=NN(c2ccc(Cl)cc2Cl)C(c2ccc(Br)s2)C1. The van der Waals surface area contributed by atoms with E-state index >= 15 is 0 Å². The van der Waals surface area contributed by atoms with E-state index in [9.17, 15) is 4.79 Å². The van der Waals surface area contributed by atoms with Crippen molar-refractivity contribution in [3.63, 3.8) is 0 Å². The van der Waals surface area contributed by atoms with Crippen molar-refractivity contribution in [1.82, 2.24) is 5.32 Å². The Morgan fingerprint density at radius 1 is 1.21 bits per heavy atom. The number of hydrogen-bond donors (Lipinski definition) is 1. The first-order chi connectivity index (χ1) is 14.0. The van der Waals surface area contributed by atoms with Crippen molar-refractivity contribution in [2.75, 3.05) is 11.6 Å². The standard InChI is InChI=1S/C21H22BrCl2N3OS/c22-20-9-8-19(29-20)18-11-16(21(28)25-12-13-4-2-1-3-5-13)26-27(18)17-7-6-14(23)10-15(17)24/h6-10,13,18H,1-5,11-12H2,(H,25,28). The molecule has 154 valence electrons. The summed E-state index contributed by atoms with van der Waals surface area (Å²) in [6, 6.07) is 9.36. The van der Waals surface area contributed by atoms with Crippen LogP contribution in [0.25, 0.3) is 0 Å². The fourth-order valence-corrected chi connectivity index (χ4v) is 6.00. The van der Waals surface area contributed by atoms with Gasteiger partial charge in [0.15, 0.2) is 0 Å². The Morgan fingerprint density at radius 3 is 2.69 bits per heavy atom. The number of carbonyl (C=O) groups is 1. The molecule has 1 aliphatic heterocycles. The van der Waals surface area contributed by atoms with E-state index in [2.05, 4.69) is 32.4 Å². The normalized spacial score (nSPS) is 20.0. The summed E-state index contributed by atoms with van der Waals surface area (Å²) in [5.41, 5.74) is 1.29. The molecule has 29 heavy (non-hydrogen) atoms. The van der Waals surface area contributed by atoms with Gasteiger partial charge in [0.25, 0.3) is 5.91 Å². The number of hydrogen-bond acceptors (Lipinski definition) is 4. The molecule has 1 atom stereocenters. The van der Waals surface area contributed by atoms with Crippen molar-refractivity contribution in [3.8, 4) is 0 Å². The Balaban J connectivity index is 1.55. The third kappa shape index (κ3) is 4.98. The molecule has 1 fully saturated rings. The average Bonchev–Trinajstić information content (AvgIpc) is 3.33. The van der Waals surface area contributed by atoms with Gasteiger partial charge in [-0.15, -0.1) is 11.3 Å². The maximum atomic E-state index is 12.9. The summed E-state index contributed by atoms with van der Waals surface area (Å²) in [6.45, 7) is 0.731. The molecule has 2 heterocycles. The van der Waals surface area contributed by atoms with Crippen LogP contribution in [0.3, 0.4) is 0 Å². The third-order valence-electron chi connectivity index (χ3n) is 5.53. The molecule has 1 amide bonds. The van der Waals surface area contributed by atoms with E-state index in [-0.39, 0.29) is 11.9 Å². The molecule has 0 saturated heterocycles. The Labute approximate surface area is 193 Å². The van der Waals surface area contributed by atoms with E-state index in [0.717, 1.165) is 20.9 Å². The van der Waals surface area contributed by atoms with Crippen LogP contribution in [0.2, 0.25) is 10.0 Å². The molecule has 1 aliphatic carbocycles. The predicted octanol–water partition coefficient (Wildman–Crippen LogP) is 6.82. The van der Waals surface area contributed by atoms with Crippen molar-refractivity contribution in [2.45, 2.75) is 44.6 Å². The van der Waals surface area contributed by atoms with Crippen molar-refractivity contribution >= 4 is 67.8 Å². The van der Waals surface area contributed by atoms with E-state index in [0.29, 0.717) is 28.1 Å². The fourth-order valence-electron chi connectivity index (χ4n) is 4.00. The number of hydrazone groups is 1. The van der Waals surface area contributed by atoms with Crippen LogP contribution in [0.4, 0.5) is 5.69 Å². The lowest BCUT2D eigenvalue weighted by molar-refractivity contribution is -0.115. The summed E-state index contributed by atoms with van der Waals surface area (Å²) in [5, 5.41) is 10.7. The van der Waals surface area contributed by atoms with Gasteiger partial charge in [-0.25, -0.2) is 0 Å². The van der Waals surface area contributed by atoms with Gasteiger partial charge in [-0.1, -0.05) is 42.5 Å². The Bertz CT molecular complexity index is 926. The van der Waals surface area contributed by atoms with Crippen LogP contribution in [0, 0.1) is 5.92 Å².